The van der Waals surface area contributed by atoms with Crippen molar-refractivity contribution in [3.05, 3.63) is 0 Å². The normalized spacial score (nSPS) is 12.8. The lowest BCUT2D eigenvalue weighted by Crippen LogP contribution is -2.37. The molecule has 16 heavy (non-hydrogen) atoms. The summed E-state index contributed by atoms with van der Waals surface area (Å²) in [5.41, 5.74) is 0.0226. The highest BCUT2D eigenvalue weighted by molar-refractivity contribution is 6.66. The van der Waals surface area contributed by atoms with Gasteiger partial charge in [-0.15, -0.1) is 0 Å². The van der Waals surface area contributed by atoms with Crippen molar-refractivity contribution in [3.63, 3.8) is 0 Å². The summed E-state index contributed by atoms with van der Waals surface area (Å²) in [4.78, 5) is 19.4. The third kappa shape index (κ3) is 8.27. The number of ether oxygens (including phenoxy) is 1. The fourth-order valence-corrected chi connectivity index (χ4v) is 2.65. The Hall–Kier alpha value is 0.0969. The van der Waals surface area contributed by atoms with Crippen LogP contribution in [0.5, 0.6) is 0 Å². The van der Waals surface area contributed by atoms with E-state index in [9.17, 15) is 9.59 Å². The lowest BCUT2D eigenvalue weighted by Gasteiger charge is -2.21. The van der Waals surface area contributed by atoms with Crippen LogP contribution in [-0.4, -0.2) is 31.4 Å². The molecule has 0 saturated carbocycles. The molecule has 0 rings (SSSR count). The molecule has 0 fully saturated rings. The smallest absolute Gasteiger partial charge is 0.335 e. The first-order valence-electron chi connectivity index (χ1n) is 6.38. The Morgan fingerprint density at radius 3 is 2.12 bits per heavy atom. The van der Waals surface area contributed by atoms with Crippen LogP contribution in [0.2, 0.25) is 11.6 Å². The minimum absolute atomic E-state index is 0.0226. The van der Waals surface area contributed by atoms with E-state index in [0.29, 0.717) is 12.0 Å². The second kappa shape index (κ2) is 8.23. The van der Waals surface area contributed by atoms with Crippen LogP contribution in [0.3, 0.4) is 0 Å². The Balaban J connectivity index is 3.34. The van der Waals surface area contributed by atoms with Crippen molar-refractivity contribution in [1.82, 2.24) is 0 Å². The van der Waals surface area contributed by atoms with Crippen molar-refractivity contribution in [2.45, 2.75) is 58.5 Å². The van der Waals surface area contributed by atoms with Crippen molar-refractivity contribution in [1.29, 1.82) is 0 Å². The molecule has 0 aliphatic rings. The molecule has 98 valence electrons. The van der Waals surface area contributed by atoms with Crippen LogP contribution in [0.4, 0.5) is 0 Å². The van der Waals surface area contributed by atoms with E-state index in [1.54, 1.807) is 0 Å². The van der Waals surface area contributed by atoms with E-state index in [1.807, 2.05) is 13.8 Å². The van der Waals surface area contributed by atoms with Gasteiger partial charge in [-0.3, -0.25) is 0 Å². The molecule has 0 aliphatic heterocycles. The summed E-state index contributed by atoms with van der Waals surface area (Å²) in [6.45, 7) is 9.70. The number of hydrogen-bond acceptors (Lipinski definition) is 3. The van der Waals surface area contributed by atoms with Crippen LogP contribution in [-0.2, 0) is 4.74 Å². The van der Waals surface area contributed by atoms with Gasteiger partial charge in [-0.1, -0.05) is 27.7 Å². The monoisotopic (exact) mass is 248 g/mol. The first-order valence-corrected chi connectivity index (χ1v) is 8.56. The standard InChI is InChI=1S/C12H28O3Si/c1-11(2)7-9-15-8-5-6-10-16(13,14)12(3)4/h11-14H,5-10H2,1-4H3. The number of hydrogen-bond donors (Lipinski definition) is 2. The Labute approximate surface area is 101 Å². The zero-order valence-corrected chi connectivity index (χ0v) is 12.2. The van der Waals surface area contributed by atoms with Crippen molar-refractivity contribution < 1.29 is 14.3 Å². The summed E-state index contributed by atoms with van der Waals surface area (Å²) >= 11 is 0. The molecule has 0 saturated heterocycles. The SMILES string of the molecule is CC(C)CCOCCCC[Si](O)(O)C(C)C. The van der Waals surface area contributed by atoms with Crippen LogP contribution in [0, 0.1) is 5.92 Å². The summed E-state index contributed by atoms with van der Waals surface area (Å²) in [5, 5.41) is 0. The van der Waals surface area contributed by atoms with Gasteiger partial charge in [-0.25, -0.2) is 0 Å². The highest BCUT2D eigenvalue weighted by atomic mass is 28.4. The van der Waals surface area contributed by atoms with E-state index in [4.69, 9.17) is 4.74 Å². The predicted octanol–water partition coefficient (Wildman–Crippen LogP) is 2.67. The highest BCUT2D eigenvalue weighted by Crippen LogP contribution is 2.21. The first kappa shape index (κ1) is 16.1. The Morgan fingerprint density at radius 1 is 1.00 bits per heavy atom. The molecule has 0 radical (unpaired) electrons. The molecule has 0 atom stereocenters. The van der Waals surface area contributed by atoms with Crippen LogP contribution < -0.4 is 0 Å². The van der Waals surface area contributed by atoms with E-state index in [2.05, 4.69) is 13.8 Å². The molecule has 2 N–H and O–H groups in total. The topological polar surface area (TPSA) is 49.7 Å². The van der Waals surface area contributed by atoms with Gasteiger partial charge in [-0.2, -0.15) is 0 Å². The fourth-order valence-electron chi connectivity index (χ4n) is 1.30. The number of unbranched alkanes of at least 4 members (excludes halogenated alkanes) is 1. The Bertz CT molecular complexity index is 170. The molecule has 0 heterocycles. The summed E-state index contributed by atoms with van der Waals surface area (Å²) in [6.07, 6.45) is 2.89. The van der Waals surface area contributed by atoms with Crippen LogP contribution >= 0.6 is 0 Å². The molecule has 3 nitrogen and oxygen atoms in total. The third-order valence-electron chi connectivity index (χ3n) is 2.85. The van der Waals surface area contributed by atoms with Crippen molar-refractivity contribution >= 4 is 8.56 Å². The molecule has 0 amide bonds. The summed E-state index contributed by atoms with van der Waals surface area (Å²) in [5.74, 6) is 0.691. The quantitative estimate of drug-likeness (QED) is 0.487. The van der Waals surface area contributed by atoms with Gasteiger partial charge >= 0.3 is 8.56 Å². The zero-order valence-electron chi connectivity index (χ0n) is 11.2. The van der Waals surface area contributed by atoms with Gasteiger partial charge < -0.3 is 14.3 Å². The number of rotatable bonds is 9. The molecule has 0 unspecified atom stereocenters. The zero-order chi connectivity index (χ0) is 12.6. The molecular formula is C12H28O3Si. The molecule has 0 aromatic heterocycles. The van der Waals surface area contributed by atoms with Crippen LogP contribution in [0.1, 0.15) is 47.0 Å². The van der Waals surface area contributed by atoms with Crippen LogP contribution in [0.15, 0.2) is 0 Å². The van der Waals surface area contributed by atoms with Gasteiger partial charge in [0.15, 0.2) is 0 Å². The first-order chi connectivity index (χ1) is 7.36. The van der Waals surface area contributed by atoms with Gasteiger partial charge in [0.1, 0.15) is 0 Å². The molecule has 0 aromatic carbocycles. The minimum atomic E-state index is -2.92. The van der Waals surface area contributed by atoms with Crippen molar-refractivity contribution in [2.24, 2.45) is 5.92 Å². The molecule has 4 heteroatoms. The maximum atomic E-state index is 9.72. The van der Waals surface area contributed by atoms with E-state index >= 15 is 0 Å². The summed E-state index contributed by atoms with van der Waals surface area (Å²) in [6, 6.07) is 0.568. The van der Waals surface area contributed by atoms with Gasteiger partial charge in [0.05, 0.1) is 0 Å². The lowest BCUT2D eigenvalue weighted by molar-refractivity contribution is 0.120. The molecule has 0 bridgehead atoms. The largest absolute Gasteiger partial charge is 0.410 e. The minimum Gasteiger partial charge on any atom is -0.410 e. The Morgan fingerprint density at radius 2 is 1.62 bits per heavy atom. The summed E-state index contributed by atoms with van der Waals surface area (Å²) < 4.78 is 5.47. The molecule has 0 aromatic rings. The molecule has 0 spiro atoms. The molecular weight excluding hydrogens is 220 g/mol. The maximum absolute atomic E-state index is 9.72. The van der Waals surface area contributed by atoms with E-state index < -0.39 is 8.56 Å². The van der Waals surface area contributed by atoms with Crippen molar-refractivity contribution in [3.8, 4) is 0 Å². The van der Waals surface area contributed by atoms with E-state index in [0.717, 1.165) is 32.5 Å². The average Bonchev–Trinajstić information content (AvgIpc) is 2.15. The fraction of sp³-hybridized carbons (Fsp3) is 1.00. The highest BCUT2D eigenvalue weighted by Gasteiger charge is 2.32. The van der Waals surface area contributed by atoms with Gasteiger partial charge in [0.25, 0.3) is 0 Å². The lowest BCUT2D eigenvalue weighted by atomic mass is 10.1. The Kier molecular flexibility index (Phi) is 8.28. The van der Waals surface area contributed by atoms with Crippen LogP contribution in [0.25, 0.3) is 0 Å². The predicted molar refractivity (Wildman–Crippen MR) is 69.6 cm³/mol. The molecule has 0 aliphatic carbocycles. The second-order valence-corrected chi connectivity index (χ2v) is 8.70. The van der Waals surface area contributed by atoms with Crippen molar-refractivity contribution in [2.75, 3.05) is 13.2 Å². The summed E-state index contributed by atoms with van der Waals surface area (Å²) in [7, 11) is -2.92. The van der Waals surface area contributed by atoms with Gasteiger partial charge in [0, 0.05) is 13.2 Å². The second-order valence-electron chi connectivity index (χ2n) is 5.29. The van der Waals surface area contributed by atoms with Gasteiger partial charge in [-0.05, 0) is 36.8 Å². The maximum Gasteiger partial charge on any atom is 0.335 e. The van der Waals surface area contributed by atoms with Gasteiger partial charge in [0.2, 0.25) is 0 Å². The third-order valence-corrected chi connectivity index (χ3v) is 5.79. The average molecular weight is 248 g/mol. The van der Waals surface area contributed by atoms with E-state index in [-0.39, 0.29) is 5.54 Å². The van der Waals surface area contributed by atoms with E-state index in [1.165, 1.54) is 0 Å².